The second-order valence-electron chi connectivity index (χ2n) is 5.76. The first-order valence-electron chi connectivity index (χ1n) is 7.78. The van der Waals surface area contributed by atoms with E-state index >= 15 is 0 Å². The molecule has 6 nitrogen and oxygen atoms in total. The number of fused-ring (bicyclic) bond motifs is 1. The number of hydrogen-bond acceptors (Lipinski definition) is 4. The molecule has 2 aromatic carbocycles. The van der Waals surface area contributed by atoms with E-state index in [9.17, 15) is 13.5 Å². The Morgan fingerprint density at radius 3 is 2.52 bits per heavy atom. The minimum Gasteiger partial charge on any atom is -0.497 e. The van der Waals surface area contributed by atoms with Gasteiger partial charge in [0.25, 0.3) is 0 Å². The maximum atomic E-state index is 12.4. The van der Waals surface area contributed by atoms with E-state index < -0.39 is 16.1 Å². The van der Waals surface area contributed by atoms with Crippen molar-refractivity contribution in [2.24, 2.45) is 7.05 Å². The molecule has 0 saturated carbocycles. The average Bonchev–Trinajstić information content (AvgIpc) is 2.97. The van der Waals surface area contributed by atoms with E-state index in [4.69, 9.17) is 4.74 Å². The van der Waals surface area contributed by atoms with Gasteiger partial charge in [-0.25, -0.2) is 13.1 Å². The lowest BCUT2D eigenvalue weighted by atomic mass is 10.1. The number of aryl methyl sites for hydroxylation is 1. The first-order valence-corrected chi connectivity index (χ1v) is 9.26. The van der Waals surface area contributed by atoms with Gasteiger partial charge >= 0.3 is 0 Å². The molecule has 132 valence electrons. The van der Waals surface area contributed by atoms with Gasteiger partial charge in [-0.15, -0.1) is 0 Å². The number of ether oxygens (including phenoxy) is 1. The highest BCUT2D eigenvalue weighted by Gasteiger charge is 2.19. The number of sulfonamides is 1. The van der Waals surface area contributed by atoms with Crippen molar-refractivity contribution < 1.29 is 18.3 Å². The molecule has 3 rings (SSSR count). The molecule has 25 heavy (non-hydrogen) atoms. The highest BCUT2D eigenvalue weighted by atomic mass is 32.2. The molecule has 0 bridgehead atoms. The molecule has 0 aliphatic heterocycles. The van der Waals surface area contributed by atoms with Crippen molar-refractivity contribution in [3.63, 3.8) is 0 Å². The summed E-state index contributed by atoms with van der Waals surface area (Å²) in [6.07, 6.45) is 0.871. The maximum Gasteiger partial charge on any atom is 0.240 e. The molecule has 0 spiro atoms. The van der Waals surface area contributed by atoms with Gasteiger partial charge in [-0.05, 0) is 30.3 Å². The van der Waals surface area contributed by atoms with Gasteiger partial charge in [-0.1, -0.05) is 18.2 Å². The van der Waals surface area contributed by atoms with E-state index in [0.29, 0.717) is 11.3 Å². The lowest BCUT2D eigenvalue weighted by Crippen LogP contribution is -2.28. The van der Waals surface area contributed by atoms with Crippen LogP contribution in [0.4, 0.5) is 0 Å². The van der Waals surface area contributed by atoms with Gasteiger partial charge in [0.05, 0.1) is 18.1 Å². The monoisotopic (exact) mass is 360 g/mol. The van der Waals surface area contributed by atoms with Gasteiger partial charge in [0.15, 0.2) is 0 Å². The van der Waals surface area contributed by atoms with Crippen molar-refractivity contribution in [3.05, 3.63) is 60.3 Å². The van der Waals surface area contributed by atoms with Crippen molar-refractivity contribution in [1.82, 2.24) is 9.29 Å². The third kappa shape index (κ3) is 3.53. The number of hydrogen-bond donors (Lipinski definition) is 2. The molecular weight excluding hydrogens is 340 g/mol. The number of aromatic nitrogens is 1. The Morgan fingerprint density at radius 1 is 1.16 bits per heavy atom. The number of benzene rings is 2. The number of para-hydroxylation sites is 1. The molecule has 0 aliphatic carbocycles. The van der Waals surface area contributed by atoms with Crippen molar-refractivity contribution in [2.45, 2.75) is 11.0 Å². The second kappa shape index (κ2) is 6.87. The molecule has 0 fully saturated rings. The maximum absolute atomic E-state index is 12.4. The smallest absolute Gasteiger partial charge is 0.240 e. The van der Waals surface area contributed by atoms with Gasteiger partial charge < -0.3 is 14.4 Å². The molecular formula is C18H20N2O4S. The molecule has 2 N–H and O–H groups in total. The van der Waals surface area contributed by atoms with E-state index in [1.807, 2.05) is 42.1 Å². The van der Waals surface area contributed by atoms with Gasteiger partial charge in [0.1, 0.15) is 5.75 Å². The van der Waals surface area contributed by atoms with Crippen molar-refractivity contribution in [3.8, 4) is 5.75 Å². The summed E-state index contributed by atoms with van der Waals surface area (Å²) in [6.45, 7) is -0.109. The molecule has 7 heteroatoms. The van der Waals surface area contributed by atoms with E-state index in [1.54, 1.807) is 12.1 Å². The van der Waals surface area contributed by atoms with Gasteiger partial charge in [0, 0.05) is 36.3 Å². The van der Waals surface area contributed by atoms with Crippen LogP contribution in [0.5, 0.6) is 5.75 Å². The molecule has 1 heterocycles. The van der Waals surface area contributed by atoms with Crippen LogP contribution in [-0.2, 0) is 17.1 Å². The summed E-state index contributed by atoms with van der Waals surface area (Å²) in [6, 6.07) is 13.8. The minimum absolute atomic E-state index is 0.109. The van der Waals surface area contributed by atoms with Crippen LogP contribution < -0.4 is 9.46 Å². The second-order valence-corrected chi connectivity index (χ2v) is 7.52. The lowest BCUT2D eigenvalue weighted by molar-refractivity contribution is 0.183. The normalized spacial score (nSPS) is 13.1. The number of rotatable bonds is 6. The number of nitrogens with zero attached hydrogens (tertiary/aromatic N) is 1. The summed E-state index contributed by atoms with van der Waals surface area (Å²) in [5.74, 6) is 0.578. The summed E-state index contributed by atoms with van der Waals surface area (Å²) in [7, 11) is -0.302. The topological polar surface area (TPSA) is 80.6 Å². The molecule has 0 amide bonds. The van der Waals surface area contributed by atoms with Crippen molar-refractivity contribution in [1.29, 1.82) is 0 Å². The third-order valence-electron chi connectivity index (χ3n) is 4.12. The molecule has 1 unspecified atom stereocenters. The number of nitrogens with one attached hydrogen (secondary N) is 1. The third-order valence-corrected chi connectivity index (χ3v) is 5.56. The number of aliphatic hydroxyl groups is 1. The number of aliphatic hydroxyl groups excluding tert-OH is 1. The Kier molecular flexibility index (Phi) is 4.80. The molecule has 3 aromatic rings. The summed E-state index contributed by atoms with van der Waals surface area (Å²) < 4.78 is 34.1. The van der Waals surface area contributed by atoms with E-state index in [2.05, 4.69) is 4.72 Å². The van der Waals surface area contributed by atoms with Crippen molar-refractivity contribution in [2.75, 3.05) is 13.7 Å². The first-order chi connectivity index (χ1) is 11.9. The Labute approximate surface area is 146 Å². The summed E-state index contributed by atoms with van der Waals surface area (Å²) in [4.78, 5) is 0.124. The summed E-state index contributed by atoms with van der Waals surface area (Å²) in [5.41, 5.74) is 1.67. The fraction of sp³-hybridized carbons (Fsp3) is 0.222. The van der Waals surface area contributed by atoms with E-state index in [0.717, 1.165) is 10.9 Å². The Balaban J connectivity index is 1.77. The van der Waals surface area contributed by atoms with Crippen LogP contribution in [0.2, 0.25) is 0 Å². The Bertz CT molecular complexity index is 978. The van der Waals surface area contributed by atoms with Crippen LogP contribution in [-0.4, -0.2) is 31.7 Å². The highest BCUT2D eigenvalue weighted by Crippen LogP contribution is 2.26. The first kappa shape index (κ1) is 17.5. The number of methoxy groups -OCH3 is 1. The van der Waals surface area contributed by atoms with E-state index in [-0.39, 0.29) is 11.4 Å². The van der Waals surface area contributed by atoms with Crippen LogP contribution >= 0.6 is 0 Å². The van der Waals surface area contributed by atoms with Crippen LogP contribution in [0.25, 0.3) is 10.9 Å². The largest absolute Gasteiger partial charge is 0.497 e. The summed E-state index contributed by atoms with van der Waals surface area (Å²) >= 11 is 0. The predicted molar refractivity (Wildman–Crippen MR) is 96.1 cm³/mol. The predicted octanol–water partition coefficient (Wildman–Crippen LogP) is 2.20. The molecule has 0 radical (unpaired) electrons. The Morgan fingerprint density at radius 2 is 1.84 bits per heavy atom. The Hall–Kier alpha value is -2.35. The van der Waals surface area contributed by atoms with Gasteiger partial charge in [-0.3, -0.25) is 0 Å². The quantitative estimate of drug-likeness (QED) is 0.706. The zero-order chi connectivity index (χ0) is 18.0. The molecule has 1 aromatic heterocycles. The SMILES string of the molecule is COc1ccc(S(=O)(=O)NCC(O)c2cn(C)c3ccccc23)cc1. The van der Waals surface area contributed by atoms with Gasteiger partial charge in [0.2, 0.25) is 10.0 Å². The highest BCUT2D eigenvalue weighted by molar-refractivity contribution is 7.89. The fourth-order valence-corrected chi connectivity index (χ4v) is 3.81. The van der Waals surface area contributed by atoms with Crippen LogP contribution in [0, 0.1) is 0 Å². The van der Waals surface area contributed by atoms with Crippen molar-refractivity contribution >= 4 is 20.9 Å². The lowest BCUT2D eigenvalue weighted by Gasteiger charge is -2.12. The van der Waals surface area contributed by atoms with Crippen LogP contribution in [0.15, 0.2) is 59.6 Å². The van der Waals surface area contributed by atoms with Crippen LogP contribution in [0.3, 0.4) is 0 Å². The molecule has 0 aliphatic rings. The van der Waals surface area contributed by atoms with Crippen LogP contribution in [0.1, 0.15) is 11.7 Å². The molecule has 0 saturated heterocycles. The average molecular weight is 360 g/mol. The standard InChI is InChI=1S/C18H20N2O4S/c1-20-12-16(15-5-3-4-6-17(15)20)18(21)11-19-25(22,23)14-9-7-13(24-2)8-10-14/h3-10,12,18-19,21H,11H2,1-2H3. The zero-order valence-electron chi connectivity index (χ0n) is 14.0. The fourth-order valence-electron chi connectivity index (χ4n) is 2.78. The molecule has 1 atom stereocenters. The minimum atomic E-state index is -3.71. The zero-order valence-corrected chi connectivity index (χ0v) is 14.8. The van der Waals surface area contributed by atoms with E-state index in [1.165, 1.54) is 19.2 Å². The summed E-state index contributed by atoms with van der Waals surface area (Å²) in [5, 5.41) is 11.4. The van der Waals surface area contributed by atoms with Gasteiger partial charge in [-0.2, -0.15) is 0 Å².